The van der Waals surface area contributed by atoms with E-state index in [1.165, 1.54) is 31.7 Å². The summed E-state index contributed by atoms with van der Waals surface area (Å²) < 4.78 is 6.03. The first-order chi connectivity index (χ1) is 9.67. The topological polar surface area (TPSA) is 59.4 Å². The highest BCUT2D eigenvalue weighted by molar-refractivity contribution is 7.99. The first kappa shape index (κ1) is 13.9. The molecule has 108 valence electrons. The van der Waals surface area contributed by atoms with Crippen molar-refractivity contribution in [1.29, 1.82) is 0 Å². The summed E-state index contributed by atoms with van der Waals surface area (Å²) in [6.07, 6.45) is 8.55. The van der Waals surface area contributed by atoms with Crippen molar-refractivity contribution in [2.75, 3.05) is 6.61 Å². The van der Waals surface area contributed by atoms with Gasteiger partial charge < -0.3 is 9.84 Å². The summed E-state index contributed by atoms with van der Waals surface area (Å²) >= 11 is 1.70. The van der Waals surface area contributed by atoms with E-state index in [2.05, 4.69) is 4.98 Å². The normalized spacial score (nSPS) is 24.9. The lowest BCUT2D eigenvalue weighted by Gasteiger charge is -2.37. The van der Waals surface area contributed by atoms with Gasteiger partial charge in [-0.2, -0.15) is 0 Å². The van der Waals surface area contributed by atoms with Crippen LogP contribution in [0, 0.1) is 0 Å². The van der Waals surface area contributed by atoms with Gasteiger partial charge in [0.05, 0.1) is 16.2 Å². The summed E-state index contributed by atoms with van der Waals surface area (Å²) in [4.78, 5) is 15.3. The second-order valence-corrected chi connectivity index (χ2v) is 6.98. The predicted molar refractivity (Wildman–Crippen MR) is 77.2 cm³/mol. The van der Waals surface area contributed by atoms with Crippen LogP contribution >= 0.6 is 11.8 Å². The van der Waals surface area contributed by atoms with Crippen LogP contribution in [0.2, 0.25) is 0 Å². The Kier molecular flexibility index (Phi) is 3.98. The molecular formula is C15H19NO3S. The molecule has 20 heavy (non-hydrogen) atoms. The second-order valence-electron chi connectivity index (χ2n) is 5.66. The van der Waals surface area contributed by atoms with Crippen LogP contribution in [-0.2, 0) is 4.74 Å². The summed E-state index contributed by atoms with van der Waals surface area (Å²) in [5, 5.41) is 10.3. The lowest BCUT2D eigenvalue weighted by Crippen LogP contribution is -2.38. The summed E-state index contributed by atoms with van der Waals surface area (Å²) in [6.45, 7) is 0.816. The third-order valence-corrected chi connectivity index (χ3v) is 5.43. The van der Waals surface area contributed by atoms with Gasteiger partial charge >= 0.3 is 5.97 Å². The van der Waals surface area contributed by atoms with E-state index in [9.17, 15) is 4.79 Å². The molecule has 1 aliphatic carbocycles. The Morgan fingerprint density at radius 3 is 3.00 bits per heavy atom. The number of nitrogens with zero attached hydrogens (tertiary/aromatic N) is 1. The average Bonchev–Trinajstić information content (AvgIpc) is 2.87. The number of hydrogen-bond donors (Lipinski definition) is 1. The standard InChI is InChI=1S/C15H19NO3S/c17-14(18)11-3-7-16-13(9-11)20-12-4-8-19-15(10-12)5-1-2-6-15/h3,7,9,12H,1-2,4-6,8,10H2,(H,17,18). The van der Waals surface area contributed by atoms with E-state index in [1.54, 1.807) is 24.0 Å². The highest BCUT2D eigenvalue weighted by Crippen LogP contribution is 2.44. The van der Waals surface area contributed by atoms with Crippen LogP contribution in [0.1, 0.15) is 48.9 Å². The molecule has 1 aromatic heterocycles. The van der Waals surface area contributed by atoms with E-state index in [0.29, 0.717) is 10.8 Å². The molecule has 1 unspecified atom stereocenters. The molecular weight excluding hydrogens is 274 g/mol. The number of ether oxygens (including phenoxy) is 1. The van der Waals surface area contributed by atoms with E-state index < -0.39 is 5.97 Å². The van der Waals surface area contributed by atoms with E-state index in [-0.39, 0.29) is 5.60 Å². The monoisotopic (exact) mass is 293 g/mol. The van der Waals surface area contributed by atoms with Crippen molar-refractivity contribution in [2.24, 2.45) is 0 Å². The third kappa shape index (κ3) is 2.99. The zero-order valence-corrected chi connectivity index (χ0v) is 12.2. The van der Waals surface area contributed by atoms with Crippen LogP contribution in [0.3, 0.4) is 0 Å². The van der Waals surface area contributed by atoms with Crippen LogP contribution in [0.5, 0.6) is 0 Å². The molecule has 1 aliphatic heterocycles. The first-order valence-corrected chi connectivity index (χ1v) is 8.05. The molecule has 0 bridgehead atoms. The van der Waals surface area contributed by atoms with Crippen molar-refractivity contribution in [3.8, 4) is 0 Å². The van der Waals surface area contributed by atoms with Gasteiger partial charge in [0.25, 0.3) is 0 Å². The largest absolute Gasteiger partial charge is 0.478 e. The molecule has 1 atom stereocenters. The second kappa shape index (κ2) is 5.74. The molecule has 1 N–H and O–H groups in total. The average molecular weight is 293 g/mol. The van der Waals surface area contributed by atoms with Crippen molar-refractivity contribution in [3.05, 3.63) is 23.9 Å². The lowest BCUT2D eigenvalue weighted by molar-refractivity contribution is -0.0704. The van der Waals surface area contributed by atoms with Crippen molar-refractivity contribution >= 4 is 17.7 Å². The molecule has 1 aromatic rings. The third-order valence-electron chi connectivity index (χ3n) is 4.23. The molecule has 1 spiro atoms. The predicted octanol–water partition coefficient (Wildman–Crippen LogP) is 3.36. The van der Waals surface area contributed by atoms with E-state index in [4.69, 9.17) is 9.84 Å². The number of aromatic carboxylic acids is 1. The number of carboxylic acid groups (broad SMARTS) is 1. The van der Waals surface area contributed by atoms with Crippen LogP contribution in [0.4, 0.5) is 0 Å². The van der Waals surface area contributed by atoms with Crippen molar-refractivity contribution in [3.63, 3.8) is 0 Å². The highest BCUT2D eigenvalue weighted by Gasteiger charge is 2.40. The van der Waals surface area contributed by atoms with Gasteiger partial charge in [0, 0.05) is 18.1 Å². The van der Waals surface area contributed by atoms with Crippen LogP contribution in [0.25, 0.3) is 0 Å². The van der Waals surface area contributed by atoms with Gasteiger partial charge in [-0.15, -0.1) is 11.8 Å². The summed E-state index contributed by atoms with van der Waals surface area (Å²) in [7, 11) is 0. The fourth-order valence-electron chi connectivity index (χ4n) is 3.23. The number of aromatic nitrogens is 1. The van der Waals surface area contributed by atoms with Gasteiger partial charge in [-0.05, 0) is 37.8 Å². The Bertz CT molecular complexity index is 500. The summed E-state index contributed by atoms with van der Waals surface area (Å²) in [5.74, 6) is -0.895. The Morgan fingerprint density at radius 2 is 2.25 bits per heavy atom. The number of thioether (sulfide) groups is 1. The zero-order valence-electron chi connectivity index (χ0n) is 11.4. The Morgan fingerprint density at radius 1 is 1.45 bits per heavy atom. The quantitative estimate of drug-likeness (QED) is 0.926. The van der Waals surface area contributed by atoms with E-state index in [0.717, 1.165) is 24.5 Å². The highest BCUT2D eigenvalue weighted by atomic mass is 32.2. The van der Waals surface area contributed by atoms with Crippen LogP contribution in [0.15, 0.2) is 23.4 Å². The number of hydrogen-bond acceptors (Lipinski definition) is 4. The number of rotatable bonds is 3. The molecule has 3 rings (SSSR count). The SMILES string of the molecule is O=C(O)c1ccnc(SC2CCOC3(CCCC3)C2)c1. The molecule has 2 aliphatic rings. The number of carboxylic acids is 1. The van der Waals surface area contributed by atoms with Gasteiger partial charge in [0.1, 0.15) is 0 Å². The lowest BCUT2D eigenvalue weighted by atomic mass is 9.92. The molecule has 1 saturated carbocycles. The van der Waals surface area contributed by atoms with Gasteiger partial charge in [-0.25, -0.2) is 9.78 Å². The maximum Gasteiger partial charge on any atom is 0.335 e. The molecule has 5 heteroatoms. The molecule has 0 radical (unpaired) electrons. The van der Waals surface area contributed by atoms with E-state index >= 15 is 0 Å². The molecule has 0 aromatic carbocycles. The van der Waals surface area contributed by atoms with E-state index in [1.807, 2.05) is 0 Å². The minimum Gasteiger partial charge on any atom is -0.478 e. The number of carbonyl (C=O) groups is 1. The van der Waals surface area contributed by atoms with Gasteiger partial charge in [0.15, 0.2) is 0 Å². The van der Waals surface area contributed by atoms with Crippen LogP contribution in [-0.4, -0.2) is 33.5 Å². The minimum atomic E-state index is -0.895. The maximum absolute atomic E-state index is 11.0. The Labute approximate surface area is 122 Å². The smallest absolute Gasteiger partial charge is 0.335 e. The molecule has 0 amide bonds. The molecule has 1 saturated heterocycles. The zero-order chi connectivity index (χ0) is 14.0. The van der Waals surface area contributed by atoms with Crippen molar-refractivity contribution < 1.29 is 14.6 Å². The fraction of sp³-hybridized carbons (Fsp3) is 0.600. The van der Waals surface area contributed by atoms with Crippen molar-refractivity contribution in [1.82, 2.24) is 4.98 Å². The first-order valence-electron chi connectivity index (χ1n) is 7.17. The van der Waals surface area contributed by atoms with Gasteiger partial charge in [0.2, 0.25) is 0 Å². The molecule has 2 fully saturated rings. The molecule has 2 heterocycles. The Hall–Kier alpha value is -1.07. The summed E-state index contributed by atoms with van der Waals surface area (Å²) in [5.41, 5.74) is 0.408. The van der Waals surface area contributed by atoms with Crippen molar-refractivity contribution in [2.45, 2.75) is 54.4 Å². The fourth-order valence-corrected chi connectivity index (χ4v) is 4.49. The van der Waals surface area contributed by atoms with Gasteiger partial charge in [-0.3, -0.25) is 0 Å². The summed E-state index contributed by atoms with van der Waals surface area (Å²) in [6, 6.07) is 3.21. The van der Waals surface area contributed by atoms with Crippen LogP contribution < -0.4 is 0 Å². The maximum atomic E-state index is 11.0. The number of pyridine rings is 1. The van der Waals surface area contributed by atoms with Gasteiger partial charge in [-0.1, -0.05) is 12.8 Å². The Balaban J connectivity index is 1.68. The minimum absolute atomic E-state index is 0.0975. The molecule has 4 nitrogen and oxygen atoms in total.